The summed E-state index contributed by atoms with van der Waals surface area (Å²) in [5.41, 5.74) is 1.75. The Morgan fingerprint density at radius 2 is 2.11 bits per heavy atom. The molecular formula is C20H24N6O2. The number of urea groups is 1. The predicted molar refractivity (Wildman–Crippen MR) is 105 cm³/mol. The van der Waals surface area contributed by atoms with Crippen LogP contribution in [-0.4, -0.2) is 43.7 Å². The Kier molecular flexibility index (Phi) is 5.10. The fourth-order valence-electron chi connectivity index (χ4n) is 3.34. The Morgan fingerprint density at radius 1 is 1.29 bits per heavy atom. The summed E-state index contributed by atoms with van der Waals surface area (Å²) in [6, 6.07) is 7.57. The van der Waals surface area contributed by atoms with Crippen LogP contribution in [0.1, 0.15) is 50.2 Å². The van der Waals surface area contributed by atoms with Gasteiger partial charge in [-0.2, -0.15) is 4.98 Å². The maximum Gasteiger partial charge on any atom is 0.321 e. The highest BCUT2D eigenvalue weighted by molar-refractivity contribution is 5.89. The summed E-state index contributed by atoms with van der Waals surface area (Å²) in [6.45, 7) is 5.37. The Labute approximate surface area is 163 Å². The number of rotatable bonds is 4. The number of anilines is 1. The standard InChI is InChI=1S/C20H24N6O2/c1-14(2)18-23-19(28-24-18)15-4-3-10-25(12-15)20(27)22-16-5-7-17(8-6-16)26-11-9-21-13-26/h5-9,11,13-15H,3-4,10,12H2,1-2H3,(H,22,27). The van der Waals surface area contributed by atoms with Gasteiger partial charge in [0.25, 0.3) is 0 Å². The third kappa shape index (κ3) is 3.90. The summed E-state index contributed by atoms with van der Waals surface area (Å²) in [5.74, 6) is 1.66. The third-order valence-electron chi connectivity index (χ3n) is 4.95. The van der Waals surface area contributed by atoms with Gasteiger partial charge in [0.15, 0.2) is 5.82 Å². The van der Waals surface area contributed by atoms with Gasteiger partial charge < -0.3 is 19.3 Å². The van der Waals surface area contributed by atoms with Crippen molar-refractivity contribution in [2.24, 2.45) is 0 Å². The lowest BCUT2D eigenvalue weighted by Gasteiger charge is -2.31. The van der Waals surface area contributed by atoms with Gasteiger partial charge >= 0.3 is 6.03 Å². The first kappa shape index (κ1) is 18.2. The van der Waals surface area contributed by atoms with E-state index in [0.717, 1.165) is 36.6 Å². The van der Waals surface area contributed by atoms with E-state index >= 15 is 0 Å². The molecule has 1 aliphatic rings. The van der Waals surface area contributed by atoms with E-state index in [-0.39, 0.29) is 17.9 Å². The molecule has 3 heterocycles. The number of carbonyl (C=O) groups excluding carboxylic acids is 1. The predicted octanol–water partition coefficient (Wildman–Crippen LogP) is 3.79. The highest BCUT2D eigenvalue weighted by atomic mass is 16.5. The molecule has 146 valence electrons. The lowest BCUT2D eigenvalue weighted by atomic mass is 9.98. The number of benzene rings is 1. The van der Waals surface area contributed by atoms with Crippen molar-refractivity contribution in [1.82, 2.24) is 24.6 Å². The van der Waals surface area contributed by atoms with Gasteiger partial charge in [0.2, 0.25) is 5.89 Å². The van der Waals surface area contributed by atoms with E-state index < -0.39 is 0 Å². The van der Waals surface area contributed by atoms with Gasteiger partial charge in [-0.1, -0.05) is 19.0 Å². The molecular weight excluding hydrogens is 356 g/mol. The number of carbonyl (C=O) groups is 1. The van der Waals surface area contributed by atoms with Crippen LogP contribution < -0.4 is 5.32 Å². The normalized spacial score (nSPS) is 17.1. The maximum atomic E-state index is 12.7. The first-order valence-corrected chi connectivity index (χ1v) is 9.58. The molecule has 0 spiro atoms. The number of hydrogen-bond donors (Lipinski definition) is 1. The van der Waals surface area contributed by atoms with Crippen LogP contribution in [0.3, 0.4) is 0 Å². The van der Waals surface area contributed by atoms with Gasteiger partial charge in [-0.3, -0.25) is 0 Å². The third-order valence-corrected chi connectivity index (χ3v) is 4.95. The molecule has 1 aromatic carbocycles. The van der Waals surface area contributed by atoms with Crippen molar-refractivity contribution in [1.29, 1.82) is 0 Å². The van der Waals surface area contributed by atoms with Crippen LogP contribution in [0.15, 0.2) is 47.5 Å². The van der Waals surface area contributed by atoms with E-state index in [1.165, 1.54) is 0 Å². The molecule has 0 saturated carbocycles. The molecule has 0 aliphatic carbocycles. The second-order valence-corrected chi connectivity index (χ2v) is 7.38. The van der Waals surface area contributed by atoms with Gasteiger partial charge in [0, 0.05) is 42.8 Å². The highest BCUT2D eigenvalue weighted by Crippen LogP contribution is 2.27. The SMILES string of the molecule is CC(C)c1noc(C2CCCN(C(=O)Nc3ccc(-n4ccnc4)cc3)C2)n1. The fourth-order valence-corrected chi connectivity index (χ4v) is 3.34. The second-order valence-electron chi connectivity index (χ2n) is 7.38. The van der Waals surface area contributed by atoms with Crippen molar-refractivity contribution in [2.45, 2.75) is 38.5 Å². The summed E-state index contributed by atoms with van der Waals surface area (Å²) in [4.78, 5) is 23.1. The van der Waals surface area contributed by atoms with Crippen LogP contribution in [0.4, 0.5) is 10.5 Å². The van der Waals surface area contributed by atoms with Crippen LogP contribution in [0.5, 0.6) is 0 Å². The highest BCUT2D eigenvalue weighted by Gasteiger charge is 2.29. The van der Waals surface area contributed by atoms with E-state index in [4.69, 9.17) is 4.52 Å². The Bertz CT molecular complexity index is 917. The number of nitrogens with zero attached hydrogens (tertiary/aromatic N) is 5. The van der Waals surface area contributed by atoms with Gasteiger partial charge in [0.05, 0.1) is 12.2 Å². The van der Waals surface area contributed by atoms with E-state index in [9.17, 15) is 4.79 Å². The minimum absolute atomic E-state index is 0.0862. The summed E-state index contributed by atoms with van der Waals surface area (Å²) in [5, 5.41) is 7.02. The molecule has 1 N–H and O–H groups in total. The van der Waals surface area contributed by atoms with Crippen LogP contribution in [0, 0.1) is 0 Å². The molecule has 1 saturated heterocycles. The molecule has 0 bridgehead atoms. The van der Waals surface area contributed by atoms with Crippen LogP contribution >= 0.6 is 0 Å². The van der Waals surface area contributed by atoms with Crippen LogP contribution in [0.25, 0.3) is 5.69 Å². The van der Waals surface area contributed by atoms with E-state index in [0.29, 0.717) is 12.4 Å². The number of piperidine rings is 1. The number of likely N-dealkylation sites (tertiary alicyclic amines) is 1. The van der Waals surface area contributed by atoms with Gasteiger partial charge in [-0.25, -0.2) is 9.78 Å². The van der Waals surface area contributed by atoms with Gasteiger partial charge in [-0.15, -0.1) is 0 Å². The molecule has 1 unspecified atom stereocenters. The molecule has 3 aromatic rings. The number of hydrogen-bond acceptors (Lipinski definition) is 5. The number of amides is 2. The number of aromatic nitrogens is 4. The largest absolute Gasteiger partial charge is 0.339 e. The van der Waals surface area contributed by atoms with Crippen molar-refractivity contribution >= 4 is 11.7 Å². The zero-order valence-corrected chi connectivity index (χ0v) is 16.1. The monoisotopic (exact) mass is 380 g/mol. The zero-order valence-electron chi connectivity index (χ0n) is 16.1. The Balaban J connectivity index is 1.38. The van der Waals surface area contributed by atoms with Gasteiger partial charge in [-0.05, 0) is 37.1 Å². The summed E-state index contributed by atoms with van der Waals surface area (Å²) in [7, 11) is 0. The Morgan fingerprint density at radius 3 is 2.79 bits per heavy atom. The smallest absolute Gasteiger partial charge is 0.321 e. The van der Waals surface area contributed by atoms with Crippen molar-refractivity contribution in [2.75, 3.05) is 18.4 Å². The maximum absolute atomic E-state index is 12.7. The fraction of sp³-hybridized carbons (Fsp3) is 0.400. The molecule has 1 atom stereocenters. The molecule has 4 rings (SSSR count). The van der Waals surface area contributed by atoms with E-state index in [1.54, 1.807) is 12.5 Å². The molecule has 2 aromatic heterocycles. The first-order chi connectivity index (χ1) is 13.6. The summed E-state index contributed by atoms with van der Waals surface area (Å²) < 4.78 is 7.35. The molecule has 8 nitrogen and oxygen atoms in total. The average molecular weight is 380 g/mol. The van der Waals surface area contributed by atoms with E-state index in [1.807, 2.05) is 53.8 Å². The molecule has 1 fully saturated rings. The van der Waals surface area contributed by atoms with Crippen LogP contribution in [-0.2, 0) is 0 Å². The van der Waals surface area contributed by atoms with Crippen molar-refractivity contribution in [3.8, 4) is 5.69 Å². The lowest BCUT2D eigenvalue weighted by molar-refractivity contribution is 0.184. The summed E-state index contributed by atoms with van der Waals surface area (Å²) >= 11 is 0. The minimum Gasteiger partial charge on any atom is -0.339 e. The Hall–Kier alpha value is -3.16. The van der Waals surface area contributed by atoms with E-state index in [2.05, 4.69) is 20.4 Å². The summed E-state index contributed by atoms with van der Waals surface area (Å²) in [6.07, 6.45) is 7.21. The van der Waals surface area contributed by atoms with Gasteiger partial charge in [0.1, 0.15) is 0 Å². The van der Waals surface area contributed by atoms with Crippen molar-refractivity contribution < 1.29 is 9.32 Å². The molecule has 2 amide bonds. The topological polar surface area (TPSA) is 89.1 Å². The second kappa shape index (κ2) is 7.84. The molecule has 8 heteroatoms. The number of imidazole rings is 1. The van der Waals surface area contributed by atoms with Crippen molar-refractivity contribution in [3.05, 3.63) is 54.7 Å². The molecule has 0 radical (unpaired) electrons. The minimum atomic E-state index is -0.108. The lowest BCUT2D eigenvalue weighted by Crippen LogP contribution is -2.41. The van der Waals surface area contributed by atoms with Crippen LogP contribution in [0.2, 0.25) is 0 Å². The average Bonchev–Trinajstić information content (AvgIpc) is 3.41. The van der Waals surface area contributed by atoms with Crippen molar-refractivity contribution in [3.63, 3.8) is 0 Å². The zero-order chi connectivity index (χ0) is 19.5. The molecule has 28 heavy (non-hydrogen) atoms. The first-order valence-electron chi connectivity index (χ1n) is 9.58. The molecule has 1 aliphatic heterocycles. The number of nitrogens with one attached hydrogen (secondary N) is 1. The quantitative estimate of drug-likeness (QED) is 0.744.